The SMILES string of the molecule is O=C(c1ccc(Cl)c(Cl)c1)N1CCc2c([nH][nH]c2=O)C1. The molecule has 1 amide bonds. The fraction of sp³-hybridized carbons (Fsp3) is 0.231. The molecule has 20 heavy (non-hydrogen) atoms. The zero-order valence-corrected chi connectivity index (χ0v) is 11.9. The zero-order valence-electron chi connectivity index (χ0n) is 10.4. The molecule has 0 fully saturated rings. The number of hydrogen-bond acceptors (Lipinski definition) is 2. The second-order valence-electron chi connectivity index (χ2n) is 4.64. The highest BCUT2D eigenvalue weighted by Gasteiger charge is 2.24. The van der Waals surface area contributed by atoms with Gasteiger partial charge in [0.25, 0.3) is 11.5 Å². The van der Waals surface area contributed by atoms with E-state index in [9.17, 15) is 9.59 Å². The number of amides is 1. The summed E-state index contributed by atoms with van der Waals surface area (Å²) in [5, 5.41) is 6.11. The third-order valence-electron chi connectivity index (χ3n) is 3.40. The molecule has 0 saturated heterocycles. The van der Waals surface area contributed by atoms with E-state index in [0.717, 1.165) is 11.3 Å². The minimum Gasteiger partial charge on any atom is -0.332 e. The minimum absolute atomic E-state index is 0.110. The van der Waals surface area contributed by atoms with Gasteiger partial charge in [0, 0.05) is 17.7 Å². The van der Waals surface area contributed by atoms with Crippen molar-refractivity contribution in [3.05, 3.63) is 55.4 Å². The maximum Gasteiger partial charge on any atom is 0.267 e. The number of carbonyl (C=O) groups is 1. The van der Waals surface area contributed by atoms with Crippen molar-refractivity contribution in [3.8, 4) is 0 Å². The molecule has 104 valence electrons. The lowest BCUT2D eigenvalue weighted by atomic mass is 10.1. The molecule has 0 atom stereocenters. The molecule has 0 radical (unpaired) electrons. The number of H-pyrrole nitrogens is 2. The number of carbonyl (C=O) groups excluding carboxylic acids is 1. The third kappa shape index (κ3) is 2.23. The molecule has 3 rings (SSSR count). The van der Waals surface area contributed by atoms with Crippen LogP contribution >= 0.6 is 23.2 Å². The Morgan fingerprint density at radius 1 is 1.20 bits per heavy atom. The van der Waals surface area contributed by atoms with Gasteiger partial charge in [0.2, 0.25) is 0 Å². The Kier molecular flexibility index (Phi) is 3.31. The first-order chi connectivity index (χ1) is 9.56. The summed E-state index contributed by atoms with van der Waals surface area (Å²) in [5.41, 5.74) is 1.86. The summed E-state index contributed by atoms with van der Waals surface area (Å²) >= 11 is 11.8. The van der Waals surface area contributed by atoms with Crippen LogP contribution in [0.1, 0.15) is 21.6 Å². The van der Waals surface area contributed by atoms with Crippen LogP contribution in [-0.4, -0.2) is 27.5 Å². The first-order valence-electron chi connectivity index (χ1n) is 6.09. The molecule has 0 spiro atoms. The van der Waals surface area contributed by atoms with E-state index in [1.807, 2.05) is 0 Å². The lowest BCUT2D eigenvalue weighted by molar-refractivity contribution is 0.0732. The van der Waals surface area contributed by atoms with Crippen LogP contribution in [0.5, 0.6) is 0 Å². The van der Waals surface area contributed by atoms with Crippen LogP contribution in [0, 0.1) is 0 Å². The number of nitrogens with zero attached hydrogens (tertiary/aromatic N) is 1. The van der Waals surface area contributed by atoms with Crippen LogP contribution < -0.4 is 5.56 Å². The molecular weight excluding hydrogens is 301 g/mol. The van der Waals surface area contributed by atoms with Gasteiger partial charge in [0.15, 0.2) is 0 Å². The molecule has 2 aromatic rings. The van der Waals surface area contributed by atoms with E-state index in [2.05, 4.69) is 10.2 Å². The number of rotatable bonds is 1. The molecule has 5 nitrogen and oxygen atoms in total. The summed E-state index contributed by atoms with van der Waals surface area (Å²) in [4.78, 5) is 25.5. The largest absolute Gasteiger partial charge is 0.332 e. The summed E-state index contributed by atoms with van der Waals surface area (Å²) in [6.07, 6.45) is 0.543. The number of aromatic amines is 2. The van der Waals surface area contributed by atoms with Crippen LogP contribution in [0.15, 0.2) is 23.0 Å². The maximum absolute atomic E-state index is 12.4. The Morgan fingerprint density at radius 3 is 2.75 bits per heavy atom. The van der Waals surface area contributed by atoms with Gasteiger partial charge in [-0.05, 0) is 24.6 Å². The average molecular weight is 312 g/mol. The number of hydrogen-bond donors (Lipinski definition) is 2. The molecular formula is C13H11Cl2N3O2. The second kappa shape index (κ2) is 5.00. The normalized spacial score (nSPS) is 14.2. The van der Waals surface area contributed by atoms with Gasteiger partial charge in [-0.3, -0.25) is 14.7 Å². The van der Waals surface area contributed by atoms with Crippen molar-refractivity contribution < 1.29 is 4.79 Å². The Morgan fingerprint density at radius 2 is 2.00 bits per heavy atom. The van der Waals surface area contributed by atoms with E-state index < -0.39 is 0 Å². The zero-order chi connectivity index (χ0) is 14.3. The number of benzene rings is 1. The van der Waals surface area contributed by atoms with Crippen LogP contribution in [0.3, 0.4) is 0 Å². The van der Waals surface area contributed by atoms with Gasteiger partial charge in [-0.25, -0.2) is 0 Å². The fourth-order valence-corrected chi connectivity index (χ4v) is 2.62. The molecule has 0 aliphatic carbocycles. The Bertz CT molecular complexity index is 735. The van der Waals surface area contributed by atoms with Crippen molar-refractivity contribution in [1.82, 2.24) is 15.1 Å². The molecule has 1 aliphatic heterocycles. The number of aromatic nitrogens is 2. The molecule has 2 heterocycles. The summed E-state index contributed by atoms with van der Waals surface area (Å²) in [6.45, 7) is 0.889. The second-order valence-corrected chi connectivity index (χ2v) is 5.46. The highest BCUT2D eigenvalue weighted by atomic mass is 35.5. The summed E-state index contributed by atoms with van der Waals surface area (Å²) in [6, 6.07) is 4.80. The van der Waals surface area contributed by atoms with Gasteiger partial charge in [0.1, 0.15) is 0 Å². The highest BCUT2D eigenvalue weighted by Crippen LogP contribution is 2.24. The molecule has 0 unspecified atom stereocenters. The number of halogens is 2. The predicted molar refractivity (Wildman–Crippen MR) is 76.3 cm³/mol. The van der Waals surface area contributed by atoms with E-state index in [-0.39, 0.29) is 11.5 Å². The third-order valence-corrected chi connectivity index (χ3v) is 4.14. The summed E-state index contributed by atoms with van der Waals surface area (Å²) in [5.74, 6) is -0.128. The van der Waals surface area contributed by atoms with Crippen LogP contribution in [0.4, 0.5) is 0 Å². The van der Waals surface area contributed by atoms with E-state index in [1.165, 1.54) is 0 Å². The molecule has 0 saturated carbocycles. The van der Waals surface area contributed by atoms with Crippen LogP contribution in [0.2, 0.25) is 10.0 Å². The standard InChI is InChI=1S/C13H11Cl2N3O2/c14-9-2-1-7(5-10(9)15)13(20)18-4-3-8-11(6-18)16-17-12(8)19/h1-2,5H,3-4,6H2,(H2,16,17,19). The molecule has 1 aliphatic rings. The monoisotopic (exact) mass is 311 g/mol. The first-order valence-corrected chi connectivity index (χ1v) is 6.84. The highest BCUT2D eigenvalue weighted by molar-refractivity contribution is 6.42. The van der Waals surface area contributed by atoms with Gasteiger partial charge in [-0.1, -0.05) is 23.2 Å². The quantitative estimate of drug-likeness (QED) is 0.847. The lowest BCUT2D eigenvalue weighted by Crippen LogP contribution is -2.36. The maximum atomic E-state index is 12.4. The van der Waals surface area contributed by atoms with Gasteiger partial charge in [-0.15, -0.1) is 0 Å². The van der Waals surface area contributed by atoms with E-state index in [4.69, 9.17) is 23.2 Å². The summed E-state index contributed by atoms with van der Waals surface area (Å²) in [7, 11) is 0. The van der Waals surface area contributed by atoms with Crippen molar-refractivity contribution in [2.75, 3.05) is 6.54 Å². The number of fused-ring (bicyclic) bond motifs is 1. The Hall–Kier alpha value is -1.72. The Labute approximate surface area is 124 Å². The molecule has 0 bridgehead atoms. The van der Waals surface area contributed by atoms with Crippen molar-refractivity contribution in [3.63, 3.8) is 0 Å². The molecule has 7 heteroatoms. The fourth-order valence-electron chi connectivity index (χ4n) is 2.32. The molecule has 2 N–H and O–H groups in total. The smallest absolute Gasteiger partial charge is 0.267 e. The van der Waals surface area contributed by atoms with Crippen LogP contribution in [0.25, 0.3) is 0 Å². The Balaban J connectivity index is 1.85. The molecule has 1 aromatic heterocycles. The van der Waals surface area contributed by atoms with Crippen molar-refractivity contribution in [1.29, 1.82) is 0 Å². The van der Waals surface area contributed by atoms with E-state index in [1.54, 1.807) is 23.1 Å². The first kappa shape index (κ1) is 13.3. The topological polar surface area (TPSA) is 69.0 Å². The van der Waals surface area contributed by atoms with Crippen molar-refractivity contribution >= 4 is 29.1 Å². The van der Waals surface area contributed by atoms with Gasteiger partial charge >= 0.3 is 0 Å². The lowest BCUT2D eigenvalue weighted by Gasteiger charge is -2.26. The van der Waals surface area contributed by atoms with Gasteiger partial charge in [-0.2, -0.15) is 0 Å². The van der Waals surface area contributed by atoms with Gasteiger partial charge < -0.3 is 10.00 Å². The predicted octanol–water partition coefficient (Wildman–Crippen LogP) is 2.21. The average Bonchev–Trinajstić information content (AvgIpc) is 2.82. The van der Waals surface area contributed by atoms with E-state index >= 15 is 0 Å². The van der Waals surface area contributed by atoms with E-state index in [0.29, 0.717) is 35.1 Å². The molecule has 1 aromatic carbocycles. The van der Waals surface area contributed by atoms with Crippen LogP contribution in [-0.2, 0) is 13.0 Å². The van der Waals surface area contributed by atoms with Crippen molar-refractivity contribution in [2.24, 2.45) is 0 Å². The van der Waals surface area contributed by atoms with Gasteiger partial charge in [0.05, 0.1) is 22.3 Å². The summed E-state index contributed by atoms with van der Waals surface area (Å²) < 4.78 is 0. The number of nitrogens with one attached hydrogen (secondary N) is 2. The minimum atomic E-state index is -0.128. The van der Waals surface area contributed by atoms with Crippen molar-refractivity contribution in [2.45, 2.75) is 13.0 Å².